The van der Waals surface area contributed by atoms with Crippen LogP contribution in [0.1, 0.15) is 17.0 Å². The molecule has 0 radical (unpaired) electrons. The van der Waals surface area contributed by atoms with Gasteiger partial charge in [0, 0.05) is 18.8 Å². The summed E-state index contributed by atoms with van der Waals surface area (Å²) in [4.78, 5) is 16.9. The summed E-state index contributed by atoms with van der Waals surface area (Å²) in [6.45, 7) is 1.59. The van der Waals surface area contributed by atoms with E-state index in [0.717, 1.165) is 29.9 Å². The van der Waals surface area contributed by atoms with E-state index in [1.165, 1.54) is 0 Å². The minimum atomic E-state index is -0.162. The largest absolute Gasteiger partial charge is 0.310 e. The normalized spacial score (nSPS) is 17.4. The number of likely N-dealkylation sites (N-methyl/N-ethyl adjacent to an activating group) is 1. The Bertz CT molecular complexity index is 637. The zero-order chi connectivity index (χ0) is 14.8. The van der Waals surface area contributed by atoms with Crippen LogP contribution in [0, 0.1) is 0 Å². The molecule has 1 unspecified atom stereocenters. The van der Waals surface area contributed by atoms with Crippen molar-refractivity contribution >= 4 is 11.6 Å². The number of anilines is 1. The molecule has 1 amide bonds. The van der Waals surface area contributed by atoms with Crippen LogP contribution in [-0.4, -0.2) is 38.0 Å². The van der Waals surface area contributed by atoms with Gasteiger partial charge in [-0.2, -0.15) is 0 Å². The third-order valence-corrected chi connectivity index (χ3v) is 3.96. The van der Waals surface area contributed by atoms with Gasteiger partial charge in [-0.3, -0.25) is 4.79 Å². The van der Waals surface area contributed by atoms with Crippen LogP contribution in [0.2, 0.25) is 0 Å². The topological polar surface area (TPSA) is 23.6 Å². The first-order chi connectivity index (χ1) is 10.2. The molecule has 0 aliphatic carbocycles. The Balaban J connectivity index is 1.98. The highest BCUT2D eigenvalue weighted by molar-refractivity contribution is 6.06. The highest BCUT2D eigenvalue weighted by Crippen LogP contribution is 2.40. The van der Waals surface area contributed by atoms with Gasteiger partial charge >= 0.3 is 0 Å². The van der Waals surface area contributed by atoms with Gasteiger partial charge in [-0.05, 0) is 31.3 Å². The number of fused-ring (bicyclic) bond motifs is 1. The van der Waals surface area contributed by atoms with Crippen LogP contribution in [0.4, 0.5) is 5.69 Å². The Morgan fingerprint density at radius 2 is 1.67 bits per heavy atom. The molecule has 2 aromatic rings. The molecule has 1 heterocycles. The monoisotopic (exact) mass is 280 g/mol. The van der Waals surface area contributed by atoms with Crippen molar-refractivity contribution in [3.05, 3.63) is 65.7 Å². The molecular formula is C18H20N2O. The molecule has 0 spiro atoms. The van der Waals surface area contributed by atoms with E-state index in [2.05, 4.69) is 11.0 Å². The molecule has 0 fully saturated rings. The summed E-state index contributed by atoms with van der Waals surface area (Å²) in [6, 6.07) is 18.2. The first-order valence-corrected chi connectivity index (χ1v) is 7.28. The van der Waals surface area contributed by atoms with Gasteiger partial charge in [-0.15, -0.1) is 0 Å². The van der Waals surface area contributed by atoms with E-state index >= 15 is 0 Å². The van der Waals surface area contributed by atoms with Crippen molar-refractivity contribution in [1.29, 1.82) is 0 Å². The summed E-state index contributed by atoms with van der Waals surface area (Å²) < 4.78 is 0. The summed E-state index contributed by atoms with van der Waals surface area (Å²) in [5, 5.41) is 0. The van der Waals surface area contributed by atoms with Crippen molar-refractivity contribution in [3.8, 4) is 0 Å². The number of hydrogen-bond acceptors (Lipinski definition) is 2. The SMILES string of the molecule is CN(C)CCN1C(=O)C(c2ccccc2)c2ccccc21. The lowest BCUT2D eigenvalue weighted by molar-refractivity contribution is -0.118. The molecule has 1 atom stereocenters. The van der Waals surface area contributed by atoms with Crippen LogP contribution in [0.3, 0.4) is 0 Å². The van der Waals surface area contributed by atoms with Crippen LogP contribution in [0.15, 0.2) is 54.6 Å². The number of hydrogen-bond donors (Lipinski definition) is 0. The number of para-hydroxylation sites is 1. The summed E-state index contributed by atoms with van der Waals surface area (Å²) in [7, 11) is 4.06. The van der Waals surface area contributed by atoms with Gasteiger partial charge in [0.2, 0.25) is 5.91 Å². The second-order valence-corrected chi connectivity index (χ2v) is 5.70. The second kappa shape index (κ2) is 5.70. The van der Waals surface area contributed by atoms with E-state index in [1.807, 2.05) is 67.5 Å². The van der Waals surface area contributed by atoms with E-state index in [1.54, 1.807) is 0 Å². The van der Waals surface area contributed by atoms with Crippen LogP contribution in [0.5, 0.6) is 0 Å². The molecule has 1 aliphatic rings. The van der Waals surface area contributed by atoms with Crippen molar-refractivity contribution < 1.29 is 4.79 Å². The van der Waals surface area contributed by atoms with Crippen molar-refractivity contribution in [2.45, 2.75) is 5.92 Å². The molecule has 108 valence electrons. The molecule has 21 heavy (non-hydrogen) atoms. The van der Waals surface area contributed by atoms with Gasteiger partial charge in [-0.25, -0.2) is 0 Å². The molecule has 3 rings (SSSR count). The predicted octanol–water partition coefficient (Wildman–Crippen LogP) is 2.73. The highest BCUT2D eigenvalue weighted by Gasteiger charge is 2.37. The van der Waals surface area contributed by atoms with E-state index in [0.29, 0.717) is 0 Å². The highest BCUT2D eigenvalue weighted by atomic mass is 16.2. The summed E-state index contributed by atoms with van der Waals surface area (Å²) in [6.07, 6.45) is 0. The molecule has 0 saturated carbocycles. The van der Waals surface area contributed by atoms with Gasteiger partial charge in [-0.1, -0.05) is 48.5 Å². The van der Waals surface area contributed by atoms with Gasteiger partial charge in [0.15, 0.2) is 0 Å². The maximum atomic E-state index is 12.9. The first kappa shape index (κ1) is 13.8. The lowest BCUT2D eigenvalue weighted by atomic mass is 9.93. The van der Waals surface area contributed by atoms with Gasteiger partial charge in [0.25, 0.3) is 0 Å². The van der Waals surface area contributed by atoms with Crippen LogP contribution < -0.4 is 4.90 Å². The molecule has 0 aromatic heterocycles. The minimum absolute atomic E-state index is 0.162. The van der Waals surface area contributed by atoms with E-state index < -0.39 is 0 Å². The molecule has 3 heteroatoms. The number of rotatable bonds is 4. The van der Waals surface area contributed by atoms with Crippen molar-refractivity contribution in [2.24, 2.45) is 0 Å². The van der Waals surface area contributed by atoms with Crippen LogP contribution in [0.25, 0.3) is 0 Å². The van der Waals surface area contributed by atoms with E-state index in [9.17, 15) is 4.79 Å². The quantitative estimate of drug-likeness (QED) is 0.859. The lowest BCUT2D eigenvalue weighted by Crippen LogP contribution is -2.35. The number of nitrogens with zero attached hydrogens (tertiary/aromatic N) is 2. The van der Waals surface area contributed by atoms with Gasteiger partial charge < -0.3 is 9.80 Å². The average molecular weight is 280 g/mol. The van der Waals surface area contributed by atoms with E-state index in [-0.39, 0.29) is 11.8 Å². The zero-order valence-corrected chi connectivity index (χ0v) is 12.5. The molecule has 3 nitrogen and oxygen atoms in total. The van der Waals surface area contributed by atoms with Crippen LogP contribution >= 0.6 is 0 Å². The molecular weight excluding hydrogens is 260 g/mol. The number of carbonyl (C=O) groups excluding carboxylic acids is 1. The van der Waals surface area contributed by atoms with Crippen LogP contribution in [-0.2, 0) is 4.79 Å². The molecule has 2 aromatic carbocycles. The minimum Gasteiger partial charge on any atom is -0.310 e. The Labute approximate surface area is 125 Å². The van der Waals surface area contributed by atoms with Crippen molar-refractivity contribution in [2.75, 3.05) is 32.1 Å². The molecule has 1 aliphatic heterocycles. The maximum absolute atomic E-state index is 12.9. The van der Waals surface area contributed by atoms with E-state index in [4.69, 9.17) is 0 Å². The van der Waals surface area contributed by atoms with Gasteiger partial charge in [0.05, 0.1) is 5.92 Å². The Morgan fingerprint density at radius 3 is 2.38 bits per heavy atom. The van der Waals surface area contributed by atoms with Crippen molar-refractivity contribution in [3.63, 3.8) is 0 Å². The number of carbonyl (C=O) groups is 1. The van der Waals surface area contributed by atoms with Crippen molar-refractivity contribution in [1.82, 2.24) is 4.90 Å². The zero-order valence-electron chi connectivity index (χ0n) is 12.5. The number of amides is 1. The number of benzene rings is 2. The summed E-state index contributed by atoms with van der Waals surface area (Å²) in [5.41, 5.74) is 3.24. The fourth-order valence-corrected chi connectivity index (χ4v) is 2.88. The smallest absolute Gasteiger partial charge is 0.239 e. The average Bonchev–Trinajstić information content (AvgIpc) is 2.78. The molecule has 0 saturated heterocycles. The summed E-state index contributed by atoms with van der Waals surface area (Å²) >= 11 is 0. The fourth-order valence-electron chi connectivity index (χ4n) is 2.88. The first-order valence-electron chi connectivity index (χ1n) is 7.28. The Hall–Kier alpha value is -2.13. The Morgan fingerprint density at radius 1 is 1.00 bits per heavy atom. The summed E-state index contributed by atoms with van der Waals surface area (Å²) in [5.74, 6) is 0.0220. The standard InChI is InChI=1S/C18H20N2O/c1-19(2)12-13-20-16-11-7-6-10-15(16)17(18(20)21)14-8-4-3-5-9-14/h3-11,17H,12-13H2,1-2H3. The molecule has 0 bridgehead atoms. The molecule has 0 N–H and O–H groups in total. The lowest BCUT2D eigenvalue weighted by Gasteiger charge is -2.20. The third-order valence-electron chi connectivity index (χ3n) is 3.96. The fraction of sp³-hybridized carbons (Fsp3) is 0.278. The maximum Gasteiger partial charge on any atom is 0.239 e. The van der Waals surface area contributed by atoms with Gasteiger partial charge in [0.1, 0.15) is 0 Å². The second-order valence-electron chi connectivity index (χ2n) is 5.70. The predicted molar refractivity (Wildman–Crippen MR) is 85.6 cm³/mol. The third kappa shape index (κ3) is 2.57. The Kier molecular flexibility index (Phi) is 3.76.